The number of ether oxygens (including phenoxy) is 1. The number of hydrogen-bond donors (Lipinski definition) is 0. The first kappa shape index (κ1) is 21.3. The van der Waals surface area contributed by atoms with Crippen molar-refractivity contribution in [2.45, 2.75) is 75.6 Å². The molecule has 4 heterocycles. The highest BCUT2D eigenvalue weighted by Gasteiger charge is 2.24. The molecule has 0 radical (unpaired) electrons. The Kier molecular flexibility index (Phi) is 6.28. The molecule has 1 saturated heterocycles. The molecule has 2 aliphatic rings. The molecule has 0 unspecified atom stereocenters. The van der Waals surface area contributed by atoms with Crippen LogP contribution in [0.25, 0.3) is 10.2 Å². The molecule has 3 aromatic heterocycles. The van der Waals surface area contributed by atoms with Gasteiger partial charge in [0.25, 0.3) is 0 Å². The molecule has 9 heteroatoms. The maximum absolute atomic E-state index is 5.50. The predicted octanol–water partition coefficient (Wildman–Crippen LogP) is 4.70. The van der Waals surface area contributed by atoms with Crippen LogP contribution in [0.1, 0.15) is 60.2 Å². The summed E-state index contributed by atoms with van der Waals surface area (Å²) in [5, 5.41) is 12.2. The van der Waals surface area contributed by atoms with Gasteiger partial charge in [0.1, 0.15) is 21.5 Å². The maximum Gasteiger partial charge on any atom is 0.197 e. The van der Waals surface area contributed by atoms with Gasteiger partial charge in [0.2, 0.25) is 0 Å². The van der Waals surface area contributed by atoms with Crippen molar-refractivity contribution in [3.8, 4) is 0 Å². The topological polar surface area (TPSA) is 69.0 Å². The zero-order valence-electron chi connectivity index (χ0n) is 18.6. The normalized spacial score (nSPS) is 18.8. The fourth-order valence-electron chi connectivity index (χ4n) is 4.62. The van der Waals surface area contributed by atoms with Gasteiger partial charge in [-0.1, -0.05) is 19.3 Å². The van der Waals surface area contributed by atoms with E-state index in [1.54, 1.807) is 23.1 Å². The van der Waals surface area contributed by atoms with Gasteiger partial charge in [-0.25, -0.2) is 9.97 Å². The van der Waals surface area contributed by atoms with Gasteiger partial charge in [-0.15, -0.1) is 21.5 Å². The second kappa shape index (κ2) is 9.13. The molecule has 0 spiro atoms. The van der Waals surface area contributed by atoms with Crippen LogP contribution in [0.2, 0.25) is 0 Å². The molecule has 0 bridgehead atoms. The highest BCUT2D eigenvalue weighted by molar-refractivity contribution is 7.99. The standard InChI is InChI=1S/C22H30N6OS2/c1-14-15(2)30-20-19(14)21(24-18(23-20)13-27-9-11-29-12-10-27)31-22-26-25-16(3)28(22)17-7-5-4-6-8-17/h17H,4-13H2,1-3H3. The molecule has 2 fully saturated rings. The van der Waals surface area contributed by atoms with Gasteiger partial charge in [0.15, 0.2) is 5.16 Å². The summed E-state index contributed by atoms with van der Waals surface area (Å²) in [6, 6.07) is 0.502. The van der Waals surface area contributed by atoms with E-state index in [0.717, 1.165) is 59.5 Å². The van der Waals surface area contributed by atoms with Crippen molar-refractivity contribution in [1.29, 1.82) is 0 Å². The molecule has 0 N–H and O–H groups in total. The van der Waals surface area contributed by atoms with Crippen LogP contribution in [0, 0.1) is 20.8 Å². The van der Waals surface area contributed by atoms with Crippen molar-refractivity contribution in [1.82, 2.24) is 29.6 Å². The van der Waals surface area contributed by atoms with E-state index in [4.69, 9.17) is 14.7 Å². The average Bonchev–Trinajstić information content (AvgIpc) is 3.28. The van der Waals surface area contributed by atoms with E-state index in [0.29, 0.717) is 6.04 Å². The summed E-state index contributed by atoms with van der Waals surface area (Å²) in [6.45, 7) is 10.6. The van der Waals surface area contributed by atoms with Crippen LogP contribution in [0.5, 0.6) is 0 Å². The van der Waals surface area contributed by atoms with Gasteiger partial charge in [0.05, 0.1) is 19.8 Å². The third-order valence-electron chi connectivity index (χ3n) is 6.47. The second-order valence-corrected chi connectivity index (χ2v) is 10.7. The van der Waals surface area contributed by atoms with Gasteiger partial charge in [-0.2, -0.15) is 0 Å². The van der Waals surface area contributed by atoms with Crippen molar-refractivity contribution in [3.63, 3.8) is 0 Å². The molecule has 0 aromatic carbocycles. The lowest BCUT2D eigenvalue weighted by molar-refractivity contribution is 0.0330. The molecular formula is C22H30N6OS2. The third kappa shape index (κ3) is 4.37. The quantitative estimate of drug-likeness (QED) is 0.514. The Bertz CT molecular complexity index is 1070. The third-order valence-corrected chi connectivity index (χ3v) is 8.52. The van der Waals surface area contributed by atoms with Crippen LogP contribution >= 0.6 is 23.1 Å². The molecular weight excluding hydrogens is 428 g/mol. The summed E-state index contributed by atoms with van der Waals surface area (Å²) in [5.74, 6) is 1.89. The van der Waals surface area contributed by atoms with Gasteiger partial charge >= 0.3 is 0 Å². The Balaban J connectivity index is 1.51. The number of fused-ring (bicyclic) bond motifs is 1. The minimum Gasteiger partial charge on any atom is -0.379 e. The van der Waals surface area contributed by atoms with E-state index in [1.807, 2.05) is 0 Å². The van der Waals surface area contributed by atoms with E-state index in [-0.39, 0.29) is 0 Å². The number of nitrogens with zero attached hydrogens (tertiary/aromatic N) is 6. The van der Waals surface area contributed by atoms with Crippen LogP contribution in [0.4, 0.5) is 0 Å². The summed E-state index contributed by atoms with van der Waals surface area (Å²) in [4.78, 5) is 14.8. The molecule has 1 saturated carbocycles. The number of thiophene rings is 1. The van der Waals surface area contributed by atoms with Crippen molar-refractivity contribution in [3.05, 3.63) is 22.1 Å². The number of aryl methyl sites for hydroxylation is 3. The molecule has 1 aliphatic carbocycles. The summed E-state index contributed by atoms with van der Waals surface area (Å²) < 4.78 is 7.86. The fraction of sp³-hybridized carbons (Fsp3) is 0.636. The average molecular weight is 459 g/mol. The molecule has 166 valence electrons. The predicted molar refractivity (Wildman–Crippen MR) is 124 cm³/mol. The van der Waals surface area contributed by atoms with E-state index in [2.05, 4.69) is 40.4 Å². The maximum atomic E-state index is 5.50. The number of aromatic nitrogens is 5. The minimum atomic E-state index is 0.502. The van der Waals surface area contributed by atoms with Crippen molar-refractivity contribution >= 4 is 33.3 Å². The molecule has 1 aliphatic heterocycles. The first-order valence-electron chi connectivity index (χ1n) is 11.3. The molecule has 0 amide bonds. The SMILES string of the molecule is Cc1sc2nc(CN3CCOCC3)nc(Sc3nnc(C)n3C3CCCCC3)c2c1C. The van der Waals surface area contributed by atoms with Crippen molar-refractivity contribution in [2.75, 3.05) is 26.3 Å². The smallest absolute Gasteiger partial charge is 0.197 e. The first-order valence-corrected chi connectivity index (χ1v) is 12.9. The van der Waals surface area contributed by atoms with Crippen LogP contribution in [0.3, 0.4) is 0 Å². The van der Waals surface area contributed by atoms with Crippen molar-refractivity contribution < 1.29 is 4.74 Å². The van der Waals surface area contributed by atoms with Crippen LogP contribution in [-0.4, -0.2) is 55.9 Å². The zero-order chi connectivity index (χ0) is 21.4. The highest BCUT2D eigenvalue weighted by Crippen LogP contribution is 2.40. The van der Waals surface area contributed by atoms with Gasteiger partial charge in [-0.05, 0) is 50.9 Å². The number of morpholine rings is 1. The van der Waals surface area contributed by atoms with Crippen LogP contribution in [0.15, 0.2) is 10.2 Å². The molecule has 7 nitrogen and oxygen atoms in total. The minimum absolute atomic E-state index is 0.502. The Morgan fingerprint density at radius 3 is 2.58 bits per heavy atom. The summed E-state index contributed by atoms with van der Waals surface area (Å²) in [6.07, 6.45) is 6.34. The monoisotopic (exact) mass is 458 g/mol. The molecule has 3 aromatic rings. The Labute approximate surface area is 191 Å². The Morgan fingerprint density at radius 2 is 1.81 bits per heavy atom. The number of rotatable bonds is 5. The fourth-order valence-corrected chi connectivity index (χ4v) is 6.87. The van der Waals surface area contributed by atoms with Gasteiger partial charge in [0, 0.05) is 29.4 Å². The zero-order valence-corrected chi connectivity index (χ0v) is 20.2. The Morgan fingerprint density at radius 1 is 1.03 bits per heavy atom. The molecule has 5 rings (SSSR count). The lowest BCUT2D eigenvalue weighted by atomic mass is 9.95. The van der Waals surface area contributed by atoms with Gasteiger partial charge < -0.3 is 9.30 Å². The van der Waals surface area contributed by atoms with Crippen LogP contribution < -0.4 is 0 Å². The summed E-state index contributed by atoms with van der Waals surface area (Å²) in [5.41, 5.74) is 1.28. The highest BCUT2D eigenvalue weighted by atomic mass is 32.2. The van der Waals surface area contributed by atoms with Crippen molar-refractivity contribution in [2.24, 2.45) is 0 Å². The summed E-state index contributed by atoms with van der Waals surface area (Å²) >= 11 is 3.43. The largest absolute Gasteiger partial charge is 0.379 e. The van der Waals surface area contributed by atoms with Crippen LogP contribution in [-0.2, 0) is 11.3 Å². The lowest BCUT2D eigenvalue weighted by Gasteiger charge is -2.26. The molecule has 31 heavy (non-hydrogen) atoms. The summed E-state index contributed by atoms with van der Waals surface area (Å²) in [7, 11) is 0. The van der Waals surface area contributed by atoms with E-state index < -0.39 is 0 Å². The van der Waals surface area contributed by atoms with E-state index in [9.17, 15) is 0 Å². The second-order valence-electron chi connectivity index (χ2n) is 8.59. The number of hydrogen-bond acceptors (Lipinski definition) is 8. The van der Waals surface area contributed by atoms with E-state index in [1.165, 1.54) is 47.9 Å². The van der Waals surface area contributed by atoms with E-state index >= 15 is 0 Å². The molecule has 0 atom stereocenters. The Hall–Kier alpha value is -1.55. The first-order chi connectivity index (χ1) is 15.1. The lowest BCUT2D eigenvalue weighted by Crippen LogP contribution is -2.36. The van der Waals surface area contributed by atoms with Gasteiger partial charge in [-0.3, -0.25) is 4.90 Å².